The van der Waals surface area contributed by atoms with Crippen molar-refractivity contribution in [1.82, 2.24) is 4.98 Å². The van der Waals surface area contributed by atoms with Gasteiger partial charge in [0.1, 0.15) is 5.82 Å². The topological polar surface area (TPSA) is 33.8 Å². The van der Waals surface area contributed by atoms with Crippen LogP contribution in [-0.4, -0.2) is 10.8 Å². The number of halogens is 2. The first-order valence-corrected chi connectivity index (χ1v) is 7.74. The van der Waals surface area contributed by atoms with Crippen molar-refractivity contribution in [3.05, 3.63) is 83.6 Å². The molecule has 0 saturated heterocycles. The summed E-state index contributed by atoms with van der Waals surface area (Å²) in [6.45, 7) is 4.29. The van der Waals surface area contributed by atoms with Gasteiger partial charge >= 0.3 is 0 Å². The number of Topliss-reactive ketones (excluding diaryl/α,β-unsaturated/α-hetero) is 1. The van der Waals surface area contributed by atoms with Crippen LogP contribution < -0.4 is 4.57 Å². The molecule has 1 aromatic heterocycles. The molecule has 0 bridgehead atoms. The van der Waals surface area contributed by atoms with E-state index in [4.69, 9.17) is 0 Å². The van der Waals surface area contributed by atoms with E-state index in [1.807, 2.05) is 12.3 Å². The fraction of sp³-hybridized carbons (Fsp3) is 0.150. The molecule has 0 spiro atoms. The number of benzene rings is 2. The fourth-order valence-electron chi connectivity index (χ4n) is 2.63. The van der Waals surface area contributed by atoms with E-state index in [2.05, 4.69) is 37.0 Å². The van der Waals surface area contributed by atoms with Crippen molar-refractivity contribution in [2.75, 3.05) is 0 Å². The van der Waals surface area contributed by atoms with E-state index >= 15 is 0 Å². The summed E-state index contributed by atoms with van der Waals surface area (Å²) in [5.41, 5.74) is 4.83. The molecular weight excluding hydrogens is 383 g/mol. The van der Waals surface area contributed by atoms with Gasteiger partial charge in [0.25, 0.3) is 6.33 Å². The second-order valence-electron chi connectivity index (χ2n) is 5.87. The third-order valence-electron chi connectivity index (χ3n) is 3.92. The number of aryl methyl sites for hydroxylation is 2. The van der Waals surface area contributed by atoms with E-state index in [-0.39, 0.29) is 35.1 Å². The van der Waals surface area contributed by atoms with Crippen LogP contribution in [0.3, 0.4) is 0 Å². The second kappa shape index (κ2) is 8.12. The van der Waals surface area contributed by atoms with Crippen molar-refractivity contribution in [1.29, 1.82) is 0 Å². The molecule has 0 amide bonds. The van der Waals surface area contributed by atoms with E-state index in [0.29, 0.717) is 5.56 Å². The van der Waals surface area contributed by atoms with E-state index in [1.54, 1.807) is 10.9 Å². The van der Waals surface area contributed by atoms with Crippen LogP contribution in [0.2, 0.25) is 0 Å². The summed E-state index contributed by atoms with van der Waals surface area (Å²) >= 11 is 0. The Morgan fingerprint density at radius 1 is 1.08 bits per heavy atom. The van der Waals surface area contributed by atoms with Gasteiger partial charge in [-0.05, 0) is 48.7 Å². The quantitative estimate of drug-likeness (QED) is 0.483. The molecule has 25 heavy (non-hydrogen) atoms. The number of carbonyl (C=O) groups is 1. The maximum atomic E-state index is 12.9. The standard InChI is InChI=1S/C20H18FN2O.BrH/c1-14-3-8-18(15(2)11-14)19-9-10-23(13-22-19)12-20(24)16-4-6-17(21)7-5-16;/h3-11,13H,12H2,1-2H3;1H/q+1;. The number of hydrogen-bond acceptors (Lipinski definition) is 2. The van der Waals surface area contributed by atoms with Crippen LogP contribution in [0, 0.1) is 19.7 Å². The van der Waals surface area contributed by atoms with Crippen molar-refractivity contribution in [2.24, 2.45) is 0 Å². The third-order valence-corrected chi connectivity index (χ3v) is 3.92. The molecule has 0 saturated carbocycles. The maximum Gasteiger partial charge on any atom is 0.287 e. The molecule has 3 rings (SSSR count). The molecule has 0 radical (unpaired) electrons. The number of rotatable bonds is 4. The molecule has 3 aromatic rings. The summed E-state index contributed by atoms with van der Waals surface area (Å²) in [5, 5.41) is 0. The molecule has 128 valence electrons. The SMILES string of the molecule is Br.Cc1ccc(-c2cc[n+](CC(=O)c3ccc(F)cc3)cn2)c(C)c1. The third kappa shape index (κ3) is 4.57. The highest BCUT2D eigenvalue weighted by Gasteiger charge is 2.13. The first-order valence-electron chi connectivity index (χ1n) is 7.74. The molecule has 3 nitrogen and oxygen atoms in total. The summed E-state index contributed by atoms with van der Waals surface area (Å²) in [5.74, 6) is -0.431. The molecule has 0 aliphatic rings. The van der Waals surface area contributed by atoms with E-state index in [9.17, 15) is 9.18 Å². The Morgan fingerprint density at radius 2 is 1.80 bits per heavy atom. The van der Waals surface area contributed by atoms with Crippen LogP contribution in [0.5, 0.6) is 0 Å². The fourth-order valence-corrected chi connectivity index (χ4v) is 2.63. The number of ketones is 1. The van der Waals surface area contributed by atoms with Gasteiger partial charge in [0.15, 0.2) is 12.2 Å². The molecule has 0 aliphatic heterocycles. The number of carbonyl (C=O) groups excluding carboxylic acids is 1. The van der Waals surface area contributed by atoms with Gasteiger partial charge in [-0.15, -0.1) is 17.0 Å². The molecule has 0 aliphatic carbocycles. The molecule has 0 unspecified atom stereocenters. The summed E-state index contributed by atoms with van der Waals surface area (Å²) < 4.78 is 14.6. The summed E-state index contributed by atoms with van der Waals surface area (Å²) in [6, 6.07) is 13.7. The van der Waals surface area contributed by atoms with Gasteiger partial charge in [-0.3, -0.25) is 4.79 Å². The molecule has 0 atom stereocenters. The Bertz CT molecular complexity index is 877. The van der Waals surface area contributed by atoms with E-state index in [1.165, 1.54) is 35.4 Å². The van der Waals surface area contributed by atoms with Crippen LogP contribution in [0.4, 0.5) is 4.39 Å². The summed E-state index contributed by atoms with van der Waals surface area (Å²) in [4.78, 5) is 16.7. The van der Waals surface area contributed by atoms with E-state index < -0.39 is 0 Å². The van der Waals surface area contributed by atoms with Crippen LogP contribution in [-0.2, 0) is 6.54 Å². The maximum absolute atomic E-state index is 12.9. The van der Waals surface area contributed by atoms with E-state index in [0.717, 1.165) is 11.3 Å². The van der Waals surface area contributed by atoms with Gasteiger partial charge in [0.2, 0.25) is 5.78 Å². The number of nitrogens with zero attached hydrogens (tertiary/aromatic N) is 2. The van der Waals surface area contributed by atoms with Crippen LogP contribution in [0.25, 0.3) is 11.3 Å². The smallest absolute Gasteiger partial charge is 0.287 e. The summed E-state index contributed by atoms with van der Waals surface area (Å²) in [6.07, 6.45) is 3.49. The van der Waals surface area contributed by atoms with Crippen molar-refractivity contribution in [3.63, 3.8) is 0 Å². The lowest BCUT2D eigenvalue weighted by Crippen LogP contribution is -2.37. The minimum absolute atomic E-state index is 0. The average Bonchev–Trinajstić information content (AvgIpc) is 2.56. The lowest BCUT2D eigenvalue weighted by molar-refractivity contribution is -0.686. The predicted molar refractivity (Wildman–Crippen MR) is 100 cm³/mol. The second-order valence-corrected chi connectivity index (χ2v) is 5.87. The first kappa shape index (κ1) is 18.9. The van der Waals surface area contributed by atoms with Gasteiger partial charge in [-0.25, -0.2) is 8.96 Å². The van der Waals surface area contributed by atoms with Gasteiger partial charge in [-0.1, -0.05) is 23.8 Å². The zero-order valence-corrected chi connectivity index (χ0v) is 15.8. The Morgan fingerprint density at radius 3 is 2.40 bits per heavy atom. The highest BCUT2D eigenvalue weighted by atomic mass is 79.9. The largest absolute Gasteiger partial charge is 0.290 e. The number of hydrogen-bond donors (Lipinski definition) is 0. The molecule has 0 N–H and O–H groups in total. The zero-order valence-electron chi connectivity index (χ0n) is 14.1. The van der Waals surface area contributed by atoms with Gasteiger partial charge < -0.3 is 0 Å². The van der Waals surface area contributed by atoms with Crippen LogP contribution in [0.15, 0.2) is 61.1 Å². The Hall–Kier alpha value is -2.40. The highest BCUT2D eigenvalue weighted by molar-refractivity contribution is 8.93. The molecule has 1 heterocycles. The Balaban J connectivity index is 0.00000225. The van der Waals surface area contributed by atoms with Crippen molar-refractivity contribution < 1.29 is 13.8 Å². The Kier molecular flexibility index (Phi) is 6.15. The van der Waals surface area contributed by atoms with Gasteiger partial charge in [0.05, 0.1) is 6.20 Å². The van der Waals surface area contributed by atoms with Crippen molar-refractivity contribution in [3.8, 4) is 11.3 Å². The summed E-state index contributed by atoms with van der Waals surface area (Å²) in [7, 11) is 0. The Labute approximate surface area is 156 Å². The predicted octanol–water partition coefficient (Wildman–Crippen LogP) is 4.25. The lowest BCUT2D eigenvalue weighted by atomic mass is 10.0. The van der Waals surface area contributed by atoms with Crippen molar-refractivity contribution >= 4 is 22.8 Å². The molecular formula is C20H19BrFN2O+. The normalized spacial score (nSPS) is 10.2. The minimum atomic E-state index is -0.348. The van der Waals surface area contributed by atoms with Crippen molar-refractivity contribution in [2.45, 2.75) is 20.4 Å². The monoisotopic (exact) mass is 401 g/mol. The first-order chi connectivity index (χ1) is 11.5. The number of aromatic nitrogens is 2. The van der Waals surface area contributed by atoms with Crippen LogP contribution in [0.1, 0.15) is 21.5 Å². The van der Waals surface area contributed by atoms with Gasteiger partial charge in [0, 0.05) is 17.2 Å². The van der Waals surface area contributed by atoms with Crippen LogP contribution >= 0.6 is 17.0 Å². The zero-order chi connectivity index (χ0) is 17.1. The molecule has 5 heteroatoms. The lowest BCUT2D eigenvalue weighted by Gasteiger charge is -2.04. The minimum Gasteiger partial charge on any atom is -0.290 e. The average molecular weight is 402 g/mol. The van der Waals surface area contributed by atoms with Gasteiger partial charge in [-0.2, -0.15) is 0 Å². The molecule has 2 aromatic carbocycles. The highest BCUT2D eigenvalue weighted by Crippen LogP contribution is 2.21. The molecule has 0 fully saturated rings.